The number of nitrogens with one attached hydrogen (secondary N) is 4. The Morgan fingerprint density at radius 2 is 1.93 bits per heavy atom. The number of nitriles is 1. The number of pyridine rings is 2. The molecule has 42 heavy (non-hydrogen) atoms. The topological polar surface area (TPSA) is 159 Å². The molecule has 0 unspecified atom stereocenters. The van der Waals surface area contributed by atoms with Crippen LogP contribution in [0.1, 0.15) is 63.8 Å². The van der Waals surface area contributed by atoms with Crippen molar-refractivity contribution in [2.45, 2.75) is 90.1 Å². The van der Waals surface area contributed by atoms with Crippen LogP contribution < -0.4 is 16.0 Å². The molecule has 0 aromatic carbocycles. The number of tetrazole rings is 1. The Morgan fingerprint density at radius 3 is 2.67 bits per heavy atom. The molecule has 0 radical (unpaired) electrons. The predicted octanol–water partition coefficient (Wildman–Crippen LogP) is 4.00. The molecule has 5 rings (SSSR count). The fourth-order valence-corrected chi connectivity index (χ4v) is 5.63. The third-order valence-corrected chi connectivity index (χ3v) is 8.57. The molecule has 0 bridgehead atoms. The Kier molecular flexibility index (Phi) is 9.94. The van der Waals surface area contributed by atoms with Gasteiger partial charge >= 0.3 is 0 Å². The van der Waals surface area contributed by atoms with Crippen LogP contribution in [0.15, 0.2) is 30.5 Å². The Hall–Kier alpha value is -3.66. The van der Waals surface area contributed by atoms with E-state index in [0.717, 1.165) is 67.0 Å². The Balaban J connectivity index is 1.12. The zero-order valence-corrected chi connectivity index (χ0v) is 24.8. The minimum absolute atomic E-state index is 0.0335. The highest BCUT2D eigenvalue weighted by atomic mass is 16.5. The lowest BCUT2D eigenvalue weighted by molar-refractivity contribution is 0.0237. The summed E-state index contributed by atoms with van der Waals surface area (Å²) in [5, 5.41) is 34.5. The third-order valence-electron chi connectivity index (χ3n) is 8.57. The second kappa shape index (κ2) is 14.0. The second-order valence-corrected chi connectivity index (χ2v) is 11.6. The van der Waals surface area contributed by atoms with E-state index in [4.69, 9.17) is 14.5 Å². The first kappa shape index (κ1) is 29.8. The van der Waals surface area contributed by atoms with Gasteiger partial charge in [0, 0.05) is 49.6 Å². The Labute approximate surface area is 247 Å². The quantitative estimate of drug-likeness (QED) is 0.248. The molecule has 12 heteroatoms. The van der Waals surface area contributed by atoms with Crippen molar-refractivity contribution in [2.75, 3.05) is 30.4 Å². The van der Waals surface area contributed by atoms with Gasteiger partial charge in [-0.25, -0.2) is 9.97 Å². The summed E-state index contributed by atoms with van der Waals surface area (Å²) in [6, 6.07) is 11.6. The van der Waals surface area contributed by atoms with Crippen molar-refractivity contribution < 1.29 is 9.47 Å². The molecule has 12 nitrogen and oxygen atoms in total. The standard InChI is InChI=1S/C30H42N10O2/c1-20-16-32-28(15-25(20)26-5-4-6-27(36-26)33-19-30(18-31)11-13-41-14-12-30)35-24-9-7-23(8-10-24)34-21(2)22(3)42-17-29-37-39-40-38-29/h4-6,15-16,21-24,34H,7-14,17,19H2,1-3H3,(H,32,35)(H,33,36)(H,37,38,39,40)/t21-,22-,23-,24-/m1/s1. The number of H-pyrrole nitrogens is 1. The second-order valence-electron chi connectivity index (χ2n) is 11.6. The molecule has 4 N–H and O–H groups in total. The van der Waals surface area contributed by atoms with E-state index in [1.807, 2.05) is 24.4 Å². The van der Waals surface area contributed by atoms with E-state index in [1.165, 1.54) is 0 Å². The number of aromatic amines is 1. The van der Waals surface area contributed by atoms with Crippen LogP contribution >= 0.6 is 0 Å². The van der Waals surface area contributed by atoms with Crippen molar-refractivity contribution in [2.24, 2.45) is 5.41 Å². The third kappa shape index (κ3) is 7.79. The van der Waals surface area contributed by atoms with E-state index in [-0.39, 0.29) is 12.1 Å². The predicted molar refractivity (Wildman–Crippen MR) is 159 cm³/mol. The molecule has 0 spiro atoms. The molecule has 4 heterocycles. The highest BCUT2D eigenvalue weighted by Gasteiger charge is 2.32. The smallest absolute Gasteiger partial charge is 0.200 e. The zero-order chi connectivity index (χ0) is 29.4. The minimum atomic E-state index is -0.408. The molecular weight excluding hydrogens is 532 g/mol. The summed E-state index contributed by atoms with van der Waals surface area (Å²) in [6.45, 7) is 8.46. The van der Waals surface area contributed by atoms with Crippen LogP contribution in [-0.4, -0.2) is 74.6 Å². The summed E-state index contributed by atoms with van der Waals surface area (Å²) in [7, 11) is 0. The number of nitrogens with zero attached hydrogens (tertiary/aromatic N) is 6. The van der Waals surface area contributed by atoms with E-state index in [2.05, 4.69) is 74.5 Å². The van der Waals surface area contributed by atoms with Gasteiger partial charge in [0.25, 0.3) is 0 Å². The number of aromatic nitrogens is 6. The number of anilines is 2. The molecule has 1 saturated heterocycles. The van der Waals surface area contributed by atoms with Gasteiger partial charge in [0.1, 0.15) is 18.2 Å². The van der Waals surface area contributed by atoms with Gasteiger partial charge in [-0.2, -0.15) is 10.5 Å². The monoisotopic (exact) mass is 574 g/mol. The van der Waals surface area contributed by atoms with Gasteiger partial charge < -0.3 is 25.4 Å². The summed E-state index contributed by atoms with van der Waals surface area (Å²) in [5.74, 6) is 2.20. The van der Waals surface area contributed by atoms with E-state index >= 15 is 0 Å². The lowest BCUT2D eigenvalue weighted by Crippen LogP contribution is -2.46. The average molecular weight is 575 g/mol. The van der Waals surface area contributed by atoms with Crippen molar-refractivity contribution in [3.8, 4) is 17.3 Å². The number of aryl methyl sites for hydroxylation is 1. The number of ether oxygens (including phenoxy) is 2. The molecular formula is C30H42N10O2. The highest BCUT2D eigenvalue weighted by Crippen LogP contribution is 2.31. The first-order valence-electron chi connectivity index (χ1n) is 15.0. The lowest BCUT2D eigenvalue weighted by Gasteiger charge is -2.33. The number of hydrogen-bond acceptors (Lipinski definition) is 11. The van der Waals surface area contributed by atoms with Crippen molar-refractivity contribution in [3.05, 3.63) is 41.9 Å². The maximum absolute atomic E-state index is 9.78. The molecule has 2 atom stereocenters. The van der Waals surface area contributed by atoms with Crippen LogP contribution in [0.4, 0.5) is 11.6 Å². The van der Waals surface area contributed by atoms with Crippen LogP contribution in [-0.2, 0) is 16.1 Å². The van der Waals surface area contributed by atoms with Gasteiger partial charge in [-0.05, 0) is 83.1 Å². The summed E-state index contributed by atoms with van der Waals surface area (Å²) < 4.78 is 11.4. The van der Waals surface area contributed by atoms with Crippen LogP contribution in [0.5, 0.6) is 0 Å². The fourth-order valence-electron chi connectivity index (χ4n) is 5.63. The normalized spacial score (nSPS) is 21.7. The van der Waals surface area contributed by atoms with Gasteiger partial charge in [0.15, 0.2) is 5.82 Å². The number of hydrogen-bond donors (Lipinski definition) is 4. The zero-order valence-electron chi connectivity index (χ0n) is 24.8. The summed E-state index contributed by atoms with van der Waals surface area (Å²) >= 11 is 0. The van der Waals surface area contributed by atoms with Crippen molar-refractivity contribution in [1.82, 2.24) is 35.9 Å². The van der Waals surface area contributed by atoms with Gasteiger partial charge in [-0.1, -0.05) is 11.3 Å². The molecule has 1 aliphatic heterocycles. The largest absolute Gasteiger partial charge is 0.381 e. The van der Waals surface area contributed by atoms with Crippen LogP contribution in [0.2, 0.25) is 0 Å². The number of rotatable bonds is 12. The molecule has 1 aliphatic carbocycles. The van der Waals surface area contributed by atoms with E-state index in [9.17, 15) is 5.26 Å². The van der Waals surface area contributed by atoms with Crippen LogP contribution in [0, 0.1) is 23.7 Å². The molecule has 3 aromatic heterocycles. The maximum atomic E-state index is 9.78. The fraction of sp³-hybridized carbons (Fsp3) is 0.600. The molecule has 2 aliphatic rings. The molecule has 3 aromatic rings. The van der Waals surface area contributed by atoms with Gasteiger partial charge in [-0.3, -0.25) is 0 Å². The SMILES string of the molecule is Cc1cnc(N[C@H]2CC[C@H](N[C@H](C)[C@@H](C)OCc3nn[nH]n3)CC2)cc1-c1cccc(NCC2(C#N)CCOCC2)n1. The first-order chi connectivity index (χ1) is 20.4. The summed E-state index contributed by atoms with van der Waals surface area (Å²) in [6.07, 6.45) is 7.73. The van der Waals surface area contributed by atoms with Crippen LogP contribution in [0.3, 0.4) is 0 Å². The van der Waals surface area contributed by atoms with Crippen molar-refractivity contribution in [3.63, 3.8) is 0 Å². The minimum Gasteiger partial charge on any atom is -0.381 e. The molecule has 2 fully saturated rings. The highest BCUT2D eigenvalue weighted by molar-refractivity contribution is 5.68. The van der Waals surface area contributed by atoms with E-state index < -0.39 is 5.41 Å². The summed E-state index contributed by atoms with van der Waals surface area (Å²) in [4.78, 5) is 9.56. The Bertz CT molecular complexity index is 1310. The summed E-state index contributed by atoms with van der Waals surface area (Å²) in [5.41, 5.74) is 2.60. The molecule has 224 valence electrons. The van der Waals surface area contributed by atoms with E-state index in [1.54, 1.807) is 0 Å². The first-order valence-corrected chi connectivity index (χ1v) is 15.0. The van der Waals surface area contributed by atoms with Gasteiger partial charge in [0.05, 0.1) is 23.3 Å². The van der Waals surface area contributed by atoms with Gasteiger partial charge in [0.2, 0.25) is 0 Å². The van der Waals surface area contributed by atoms with E-state index in [0.29, 0.717) is 44.3 Å². The molecule has 0 amide bonds. The average Bonchev–Trinajstić information content (AvgIpc) is 3.55. The Morgan fingerprint density at radius 1 is 1.14 bits per heavy atom. The van der Waals surface area contributed by atoms with Crippen molar-refractivity contribution in [1.29, 1.82) is 5.26 Å². The lowest BCUT2D eigenvalue weighted by atomic mass is 9.82. The van der Waals surface area contributed by atoms with Crippen LogP contribution in [0.25, 0.3) is 11.3 Å². The molecule has 1 saturated carbocycles. The van der Waals surface area contributed by atoms with Gasteiger partial charge in [-0.15, -0.1) is 10.2 Å². The maximum Gasteiger partial charge on any atom is 0.200 e. The van der Waals surface area contributed by atoms with Crippen molar-refractivity contribution >= 4 is 11.6 Å².